The molecule has 1 fully saturated rings. The summed E-state index contributed by atoms with van der Waals surface area (Å²) in [5, 5.41) is 14.1. The van der Waals surface area contributed by atoms with Crippen LogP contribution in [0, 0.1) is 5.82 Å². The number of aromatic nitrogens is 6. The number of aromatic amines is 1. The molecule has 0 spiro atoms. The van der Waals surface area contributed by atoms with E-state index in [-0.39, 0.29) is 18.2 Å². The molecule has 0 radical (unpaired) electrons. The van der Waals surface area contributed by atoms with E-state index in [0.29, 0.717) is 40.8 Å². The number of aliphatic hydroxyl groups is 1. The second kappa shape index (κ2) is 7.30. The van der Waals surface area contributed by atoms with Crippen LogP contribution in [0.1, 0.15) is 30.1 Å². The van der Waals surface area contributed by atoms with E-state index in [1.807, 2.05) is 17.0 Å². The molecule has 1 atom stereocenters. The number of imidazole rings is 1. The molecular weight excluding hydrogens is 389 g/mol. The van der Waals surface area contributed by atoms with E-state index >= 15 is 0 Å². The molecule has 0 saturated carbocycles. The summed E-state index contributed by atoms with van der Waals surface area (Å²) < 4.78 is 15.4. The van der Waals surface area contributed by atoms with Gasteiger partial charge in [0.1, 0.15) is 17.3 Å². The van der Waals surface area contributed by atoms with Gasteiger partial charge in [-0.05, 0) is 37.1 Å². The van der Waals surface area contributed by atoms with Crippen molar-refractivity contribution in [2.45, 2.75) is 25.5 Å². The zero-order valence-electron chi connectivity index (χ0n) is 15.9. The van der Waals surface area contributed by atoms with Crippen molar-refractivity contribution in [2.75, 3.05) is 11.4 Å². The van der Waals surface area contributed by atoms with Gasteiger partial charge in [-0.1, -0.05) is 0 Å². The van der Waals surface area contributed by atoms with Crippen LogP contribution in [0.25, 0.3) is 17.2 Å². The first-order chi connectivity index (χ1) is 14.6. The Morgan fingerprint density at radius 1 is 1.27 bits per heavy atom. The first kappa shape index (κ1) is 18.4. The maximum atomic E-state index is 13.8. The first-order valence-electron chi connectivity index (χ1n) is 9.57. The molecule has 9 nitrogen and oxygen atoms in total. The molecule has 0 bridgehead atoms. The zero-order chi connectivity index (χ0) is 20.7. The number of hydrogen-bond donors (Lipinski definition) is 2. The van der Waals surface area contributed by atoms with Crippen molar-refractivity contribution in [3.63, 3.8) is 0 Å². The van der Waals surface area contributed by atoms with Crippen molar-refractivity contribution in [3.8, 4) is 11.5 Å². The molecule has 1 aliphatic rings. The standard InChI is InChI=1S/C20H18FN7O2/c21-12-8-14(20(30)24-9-12)15-2-1-7-27(15)18-4-3-17-23-10-16(28(17)26-18)19-22-6-5-13(11-29)25-19/h3-6,8-10,15,29H,1-2,7,11H2,(H,24,30)/t15-/m1/s1. The molecule has 1 saturated heterocycles. The molecule has 0 unspecified atom stereocenters. The van der Waals surface area contributed by atoms with Crippen LogP contribution in [0.3, 0.4) is 0 Å². The van der Waals surface area contributed by atoms with Crippen LogP contribution in [0.2, 0.25) is 0 Å². The normalized spacial score (nSPS) is 16.5. The third kappa shape index (κ3) is 3.11. The number of fused-ring (bicyclic) bond motifs is 1. The fourth-order valence-electron chi connectivity index (χ4n) is 3.86. The number of rotatable bonds is 4. The molecule has 5 rings (SSSR count). The minimum absolute atomic E-state index is 0.192. The minimum Gasteiger partial charge on any atom is -0.390 e. The van der Waals surface area contributed by atoms with E-state index in [1.54, 1.807) is 23.0 Å². The van der Waals surface area contributed by atoms with E-state index in [2.05, 4.69) is 19.9 Å². The smallest absolute Gasteiger partial charge is 0.253 e. The van der Waals surface area contributed by atoms with Crippen molar-refractivity contribution >= 4 is 11.5 Å². The zero-order valence-corrected chi connectivity index (χ0v) is 15.9. The lowest BCUT2D eigenvalue weighted by Crippen LogP contribution is -2.29. The van der Waals surface area contributed by atoms with Crippen LogP contribution in [-0.2, 0) is 6.61 Å². The van der Waals surface area contributed by atoms with E-state index < -0.39 is 5.82 Å². The number of anilines is 1. The summed E-state index contributed by atoms with van der Waals surface area (Å²) >= 11 is 0. The van der Waals surface area contributed by atoms with Gasteiger partial charge in [0.05, 0.1) is 24.5 Å². The van der Waals surface area contributed by atoms with E-state index in [4.69, 9.17) is 5.10 Å². The Labute approximate surface area is 169 Å². The predicted molar refractivity (Wildman–Crippen MR) is 106 cm³/mol. The number of nitrogens with zero attached hydrogens (tertiary/aromatic N) is 6. The van der Waals surface area contributed by atoms with Crippen molar-refractivity contribution in [1.82, 2.24) is 29.5 Å². The average Bonchev–Trinajstić information content (AvgIpc) is 3.42. The molecule has 2 N–H and O–H groups in total. The van der Waals surface area contributed by atoms with Crippen LogP contribution in [0.15, 0.2) is 47.7 Å². The number of pyridine rings is 1. The Morgan fingerprint density at radius 2 is 2.17 bits per heavy atom. The van der Waals surface area contributed by atoms with Gasteiger partial charge in [-0.25, -0.2) is 23.9 Å². The molecule has 30 heavy (non-hydrogen) atoms. The highest BCUT2D eigenvalue weighted by Gasteiger charge is 2.30. The molecule has 0 aromatic carbocycles. The second-order valence-electron chi connectivity index (χ2n) is 7.09. The molecule has 152 valence electrons. The summed E-state index contributed by atoms with van der Waals surface area (Å²) in [6, 6.07) is 6.32. The maximum absolute atomic E-state index is 13.8. The van der Waals surface area contributed by atoms with Gasteiger partial charge in [0, 0.05) is 24.5 Å². The predicted octanol–water partition coefficient (Wildman–Crippen LogP) is 1.85. The van der Waals surface area contributed by atoms with Crippen molar-refractivity contribution < 1.29 is 9.50 Å². The van der Waals surface area contributed by atoms with Crippen LogP contribution in [0.4, 0.5) is 10.2 Å². The molecule has 4 aromatic heterocycles. The highest BCUT2D eigenvalue weighted by molar-refractivity contribution is 5.58. The van der Waals surface area contributed by atoms with Gasteiger partial charge < -0.3 is 15.0 Å². The van der Waals surface area contributed by atoms with Crippen molar-refractivity contribution in [3.05, 3.63) is 70.3 Å². The number of hydrogen-bond acceptors (Lipinski definition) is 7. The van der Waals surface area contributed by atoms with Gasteiger partial charge >= 0.3 is 0 Å². The molecular formula is C20H18FN7O2. The van der Waals surface area contributed by atoms with E-state index in [1.165, 1.54) is 6.07 Å². The third-order valence-corrected chi connectivity index (χ3v) is 5.26. The van der Waals surface area contributed by atoms with E-state index in [9.17, 15) is 14.3 Å². The SMILES string of the molecule is O=c1[nH]cc(F)cc1[C@H]1CCCN1c1ccc2ncc(-c3nccc(CO)n3)n2n1. The maximum Gasteiger partial charge on any atom is 0.253 e. The lowest BCUT2D eigenvalue weighted by atomic mass is 10.1. The van der Waals surface area contributed by atoms with Gasteiger partial charge in [-0.3, -0.25) is 4.79 Å². The molecule has 0 amide bonds. The molecule has 5 heterocycles. The van der Waals surface area contributed by atoms with Gasteiger partial charge in [0.2, 0.25) is 0 Å². The van der Waals surface area contributed by atoms with Crippen LogP contribution < -0.4 is 10.5 Å². The highest BCUT2D eigenvalue weighted by Crippen LogP contribution is 2.34. The van der Waals surface area contributed by atoms with Gasteiger partial charge in [0.15, 0.2) is 11.5 Å². The molecule has 4 aromatic rings. The third-order valence-electron chi connectivity index (χ3n) is 5.26. The molecule has 1 aliphatic heterocycles. The lowest BCUT2D eigenvalue weighted by molar-refractivity contribution is 0.277. The Balaban J connectivity index is 1.57. The van der Waals surface area contributed by atoms with Crippen molar-refractivity contribution in [1.29, 1.82) is 0 Å². The fourth-order valence-corrected chi connectivity index (χ4v) is 3.86. The Hall–Kier alpha value is -3.66. The lowest BCUT2D eigenvalue weighted by Gasteiger charge is -2.25. The summed E-state index contributed by atoms with van der Waals surface area (Å²) in [6.07, 6.45) is 5.85. The quantitative estimate of drug-likeness (QED) is 0.531. The number of H-pyrrole nitrogens is 1. The van der Waals surface area contributed by atoms with Gasteiger partial charge in [-0.2, -0.15) is 0 Å². The van der Waals surface area contributed by atoms with E-state index in [0.717, 1.165) is 19.0 Å². The molecule has 0 aliphatic carbocycles. The monoisotopic (exact) mass is 407 g/mol. The topological polar surface area (TPSA) is 112 Å². The number of aliphatic hydroxyl groups excluding tert-OH is 1. The largest absolute Gasteiger partial charge is 0.390 e. The van der Waals surface area contributed by atoms with Crippen LogP contribution in [0.5, 0.6) is 0 Å². The second-order valence-corrected chi connectivity index (χ2v) is 7.09. The summed E-state index contributed by atoms with van der Waals surface area (Å²) in [5.74, 6) is 0.571. The average molecular weight is 407 g/mol. The van der Waals surface area contributed by atoms with Gasteiger partial charge in [0.25, 0.3) is 5.56 Å². The van der Waals surface area contributed by atoms with Crippen molar-refractivity contribution in [2.24, 2.45) is 0 Å². The minimum atomic E-state index is -0.474. The Bertz CT molecular complexity index is 1290. The van der Waals surface area contributed by atoms with Crippen LogP contribution in [-0.4, -0.2) is 41.2 Å². The summed E-state index contributed by atoms with van der Waals surface area (Å²) in [5.41, 5.74) is 1.79. The summed E-state index contributed by atoms with van der Waals surface area (Å²) in [6.45, 7) is 0.502. The highest BCUT2D eigenvalue weighted by atomic mass is 19.1. The van der Waals surface area contributed by atoms with Crippen LogP contribution >= 0.6 is 0 Å². The molecule has 10 heteroatoms. The summed E-state index contributed by atoms with van der Waals surface area (Å²) in [7, 11) is 0. The number of nitrogens with one attached hydrogen (secondary N) is 1. The fraction of sp³-hybridized carbons (Fsp3) is 0.250. The Morgan fingerprint density at radius 3 is 3.03 bits per heavy atom. The number of halogens is 1. The summed E-state index contributed by atoms with van der Waals surface area (Å²) in [4.78, 5) is 29.7. The van der Waals surface area contributed by atoms with Gasteiger partial charge in [-0.15, -0.1) is 5.10 Å². The Kier molecular flexibility index (Phi) is 4.47. The first-order valence-corrected chi connectivity index (χ1v) is 9.57.